The van der Waals surface area contributed by atoms with Crippen molar-refractivity contribution in [1.29, 1.82) is 0 Å². The molecular weight excluding hydrogens is 246 g/mol. The first-order chi connectivity index (χ1) is 7.69. The zero-order chi connectivity index (χ0) is 12.0. The summed E-state index contributed by atoms with van der Waals surface area (Å²) in [5, 5.41) is 3.30. The topological polar surface area (TPSA) is 67.2 Å². The summed E-state index contributed by atoms with van der Waals surface area (Å²) in [5.74, 6) is 6.01. The molecule has 4 nitrogen and oxygen atoms in total. The molecule has 0 bridgehead atoms. The highest BCUT2D eigenvalue weighted by molar-refractivity contribution is 7.98. The summed E-state index contributed by atoms with van der Waals surface area (Å²) in [6.07, 6.45) is 1.98. The summed E-state index contributed by atoms with van der Waals surface area (Å²) in [4.78, 5) is 11.8. The monoisotopic (exact) mass is 259 g/mol. The van der Waals surface area contributed by atoms with Gasteiger partial charge >= 0.3 is 0 Å². The van der Waals surface area contributed by atoms with Crippen LogP contribution in [0, 0.1) is 0 Å². The molecule has 1 aromatic rings. The highest BCUT2D eigenvalue weighted by Crippen LogP contribution is 2.19. The molecule has 0 aliphatic heterocycles. The molecule has 0 aliphatic carbocycles. The van der Waals surface area contributed by atoms with Gasteiger partial charge in [0.2, 0.25) is 0 Å². The van der Waals surface area contributed by atoms with Crippen molar-refractivity contribution in [1.82, 2.24) is 5.32 Å². The van der Waals surface area contributed by atoms with Crippen LogP contribution in [0.25, 0.3) is 0 Å². The zero-order valence-corrected chi connectivity index (χ0v) is 10.5. The molecule has 6 heteroatoms. The van der Waals surface area contributed by atoms with Crippen LogP contribution >= 0.6 is 23.4 Å². The number of carbonyl (C=O) groups excluding carboxylic acids is 1. The Morgan fingerprint density at radius 3 is 2.94 bits per heavy atom. The van der Waals surface area contributed by atoms with Gasteiger partial charge in [-0.15, -0.1) is 0 Å². The maximum Gasteiger partial charge on any atom is 0.253 e. The predicted molar refractivity (Wildman–Crippen MR) is 70.0 cm³/mol. The fourth-order valence-electron chi connectivity index (χ4n) is 1.19. The van der Waals surface area contributed by atoms with Gasteiger partial charge < -0.3 is 10.7 Å². The van der Waals surface area contributed by atoms with Gasteiger partial charge in [0.1, 0.15) is 0 Å². The lowest BCUT2D eigenvalue weighted by Gasteiger charge is -2.09. The number of anilines is 1. The summed E-state index contributed by atoms with van der Waals surface area (Å²) in [6.45, 7) is 0.622. The van der Waals surface area contributed by atoms with Crippen LogP contribution in [-0.2, 0) is 0 Å². The van der Waals surface area contributed by atoms with E-state index in [9.17, 15) is 4.79 Å². The standard InChI is InChI=1S/C10H14ClN3OS/c1-16-5-4-13-10(15)8-6-7(11)2-3-9(8)14-12/h2-3,6,14H,4-5,12H2,1H3,(H,13,15). The van der Waals surface area contributed by atoms with Gasteiger partial charge in [0.05, 0.1) is 11.3 Å². The number of nitrogen functional groups attached to an aromatic ring is 1. The second-order valence-electron chi connectivity index (χ2n) is 3.08. The SMILES string of the molecule is CSCCNC(=O)c1cc(Cl)ccc1NN. The lowest BCUT2D eigenvalue weighted by molar-refractivity contribution is 0.0957. The average Bonchev–Trinajstić information content (AvgIpc) is 2.29. The van der Waals surface area contributed by atoms with E-state index in [-0.39, 0.29) is 5.91 Å². The van der Waals surface area contributed by atoms with Crippen molar-refractivity contribution in [2.75, 3.05) is 24.0 Å². The Balaban J connectivity index is 2.76. The highest BCUT2D eigenvalue weighted by atomic mass is 35.5. The smallest absolute Gasteiger partial charge is 0.253 e. The van der Waals surface area contributed by atoms with Crippen molar-refractivity contribution in [3.63, 3.8) is 0 Å². The number of hydrazine groups is 1. The average molecular weight is 260 g/mol. The van der Waals surface area contributed by atoms with Gasteiger partial charge in [-0.1, -0.05) is 11.6 Å². The Morgan fingerprint density at radius 2 is 2.31 bits per heavy atom. The Bertz CT molecular complexity index is 373. The van der Waals surface area contributed by atoms with E-state index in [0.717, 1.165) is 5.75 Å². The maximum atomic E-state index is 11.8. The van der Waals surface area contributed by atoms with Gasteiger partial charge in [-0.2, -0.15) is 11.8 Å². The molecule has 0 fully saturated rings. The van der Waals surface area contributed by atoms with Gasteiger partial charge in [-0.25, -0.2) is 0 Å². The molecule has 88 valence electrons. The summed E-state index contributed by atoms with van der Waals surface area (Å²) < 4.78 is 0. The van der Waals surface area contributed by atoms with Crippen molar-refractivity contribution in [3.05, 3.63) is 28.8 Å². The van der Waals surface area contributed by atoms with Crippen molar-refractivity contribution in [3.8, 4) is 0 Å². The maximum absolute atomic E-state index is 11.8. The van der Waals surface area contributed by atoms with Gasteiger partial charge in [-0.05, 0) is 24.5 Å². The van der Waals surface area contributed by atoms with E-state index in [1.807, 2.05) is 6.26 Å². The predicted octanol–water partition coefficient (Wildman–Crippen LogP) is 1.72. The van der Waals surface area contributed by atoms with Gasteiger partial charge in [-0.3, -0.25) is 10.6 Å². The fourth-order valence-corrected chi connectivity index (χ4v) is 1.67. The molecule has 1 aromatic carbocycles. The number of hydrogen-bond donors (Lipinski definition) is 3. The number of carbonyl (C=O) groups is 1. The van der Waals surface area contributed by atoms with E-state index in [2.05, 4.69) is 10.7 Å². The number of nitrogens with two attached hydrogens (primary N) is 1. The minimum Gasteiger partial charge on any atom is -0.351 e. The number of amides is 1. The van der Waals surface area contributed by atoms with Crippen molar-refractivity contribution in [2.24, 2.45) is 5.84 Å². The van der Waals surface area contributed by atoms with E-state index >= 15 is 0 Å². The number of hydrogen-bond acceptors (Lipinski definition) is 4. The molecule has 0 unspecified atom stereocenters. The van der Waals surface area contributed by atoms with Crippen molar-refractivity contribution >= 4 is 35.0 Å². The Morgan fingerprint density at radius 1 is 1.56 bits per heavy atom. The normalized spacial score (nSPS) is 9.94. The summed E-state index contributed by atoms with van der Waals surface area (Å²) >= 11 is 7.50. The van der Waals surface area contributed by atoms with Gasteiger partial charge in [0, 0.05) is 17.3 Å². The summed E-state index contributed by atoms with van der Waals surface area (Å²) in [6, 6.07) is 4.94. The minimum absolute atomic E-state index is 0.176. The molecule has 0 spiro atoms. The van der Waals surface area contributed by atoms with Crippen LogP contribution in [0.4, 0.5) is 5.69 Å². The second kappa shape index (κ2) is 6.62. The first-order valence-corrected chi connectivity index (χ1v) is 6.49. The number of nitrogens with one attached hydrogen (secondary N) is 2. The zero-order valence-electron chi connectivity index (χ0n) is 8.92. The molecule has 4 N–H and O–H groups in total. The van der Waals surface area contributed by atoms with Crippen LogP contribution in [0.1, 0.15) is 10.4 Å². The van der Waals surface area contributed by atoms with Gasteiger partial charge in [0.25, 0.3) is 5.91 Å². The van der Waals surface area contributed by atoms with E-state index in [4.69, 9.17) is 17.4 Å². The molecule has 1 rings (SSSR count). The van der Waals surface area contributed by atoms with Crippen LogP contribution in [0.2, 0.25) is 5.02 Å². The Hall–Kier alpha value is -0.910. The van der Waals surface area contributed by atoms with Crippen molar-refractivity contribution in [2.45, 2.75) is 0 Å². The third-order valence-electron chi connectivity index (χ3n) is 1.97. The molecule has 0 radical (unpaired) electrons. The molecule has 1 amide bonds. The molecule has 0 heterocycles. The van der Waals surface area contributed by atoms with E-state index < -0.39 is 0 Å². The van der Waals surface area contributed by atoms with Crippen LogP contribution in [0.15, 0.2) is 18.2 Å². The number of halogens is 1. The summed E-state index contributed by atoms with van der Waals surface area (Å²) in [5.41, 5.74) is 3.49. The third-order valence-corrected chi connectivity index (χ3v) is 2.82. The Labute approximate surface area is 104 Å². The lowest BCUT2D eigenvalue weighted by atomic mass is 10.1. The number of thioether (sulfide) groups is 1. The first-order valence-electron chi connectivity index (χ1n) is 4.72. The van der Waals surface area contributed by atoms with Crippen molar-refractivity contribution < 1.29 is 4.79 Å². The first kappa shape index (κ1) is 13.2. The molecule has 0 atom stereocenters. The van der Waals surface area contributed by atoms with Crippen LogP contribution in [-0.4, -0.2) is 24.5 Å². The molecule has 16 heavy (non-hydrogen) atoms. The lowest BCUT2D eigenvalue weighted by Crippen LogP contribution is -2.27. The minimum atomic E-state index is -0.176. The van der Waals surface area contributed by atoms with Crippen LogP contribution in [0.5, 0.6) is 0 Å². The number of benzene rings is 1. The van der Waals surface area contributed by atoms with E-state index in [0.29, 0.717) is 22.8 Å². The highest BCUT2D eigenvalue weighted by Gasteiger charge is 2.10. The molecule has 0 aliphatic rings. The largest absolute Gasteiger partial charge is 0.351 e. The molecule has 0 saturated heterocycles. The molecule has 0 saturated carbocycles. The number of rotatable bonds is 5. The third kappa shape index (κ3) is 3.59. The summed E-state index contributed by atoms with van der Waals surface area (Å²) in [7, 11) is 0. The molecule has 0 aromatic heterocycles. The van der Waals surface area contributed by atoms with Crippen LogP contribution < -0.4 is 16.6 Å². The fraction of sp³-hybridized carbons (Fsp3) is 0.300. The second-order valence-corrected chi connectivity index (χ2v) is 4.50. The quantitative estimate of drug-likeness (QED) is 0.428. The van der Waals surface area contributed by atoms with Gasteiger partial charge in [0.15, 0.2) is 0 Å². The van der Waals surface area contributed by atoms with E-state index in [1.165, 1.54) is 0 Å². The Kier molecular flexibility index (Phi) is 5.45. The van der Waals surface area contributed by atoms with E-state index in [1.54, 1.807) is 30.0 Å². The molecular formula is C10H14ClN3OS. The van der Waals surface area contributed by atoms with Crippen LogP contribution in [0.3, 0.4) is 0 Å².